The van der Waals surface area contributed by atoms with Gasteiger partial charge in [0.15, 0.2) is 0 Å². The van der Waals surface area contributed by atoms with E-state index in [1.807, 2.05) is 19.9 Å². The highest BCUT2D eigenvalue weighted by Crippen LogP contribution is 2.28. The highest BCUT2D eigenvalue weighted by atomic mass is 16.5. The molecule has 11 nitrogen and oxygen atoms in total. The molecule has 4 rings (SSSR count). The summed E-state index contributed by atoms with van der Waals surface area (Å²) in [5, 5.41) is 11.2. The lowest BCUT2D eigenvalue weighted by atomic mass is 9.97. The number of amides is 1. The smallest absolute Gasteiger partial charge is 0.261 e. The Balaban J connectivity index is 1.60. The van der Waals surface area contributed by atoms with Crippen LogP contribution in [0.1, 0.15) is 33.3 Å². The number of aromatic nitrogens is 7. The first kappa shape index (κ1) is 23.0. The Bertz CT molecular complexity index is 1280. The van der Waals surface area contributed by atoms with E-state index in [1.165, 1.54) is 4.68 Å². The van der Waals surface area contributed by atoms with Gasteiger partial charge in [-0.1, -0.05) is 19.0 Å². The molecule has 0 spiro atoms. The van der Waals surface area contributed by atoms with E-state index >= 15 is 0 Å². The lowest BCUT2D eigenvalue weighted by molar-refractivity contribution is -0.122. The summed E-state index contributed by atoms with van der Waals surface area (Å²) in [6, 6.07) is 2.06. The molecule has 1 amide bonds. The molecule has 0 saturated heterocycles. The first-order valence-corrected chi connectivity index (χ1v) is 11.0. The molecule has 0 saturated carbocycles. The average molecular weight is 462 g/mol. The normalized spacial score (nSPS) is 11.4. The number of pyridine rings is 1. The van der Waals surface area contributed by atoms with Crippen molar-refractivity contribution in [2.24, 2.45) is 5.92 Å². The summed E-state index contributed by atoms with van der Waals surface area (Å²) in [5.41, 5.74) is 9.56. The maximum Gasteiger partial charge on any atom is 0.261 e. The molecule has 3 N–H and O–H groups in total. The van der Waals surface area contributed by atoms with E-state index in [4.69, 9.17) is 10.3 Å². The minimum Gasteiger partial charge on any atom is -0.368 e. The number of hydrogen-bond donors (Lipinski definition) is 2. The molecule has 0 fully saturated rings. The second-order valence-electron chi connectivity index (χ2n) is 8.73. The minimum atomic E-state index is -0.119. The second kappa shape index (κ2) is 9.77. The number of hydrogen-bond acceptors (Lipinski definition) is 9. The fraction of sp³-hybridized carbons (Fsp3) is 0.348. The predicted molar refractivity (Wildman–Crippen MR) is 126 cm³/mol. The molecular formula is C23H27N9O2. The van der Waals surface area contributed by atoms with Crippen LogP contribution in [-0.4, -0.2) is 46.8 Å². The maximum absolute atomic E-state index is 12.0. The van der Waals surface area contributed by atoms with Crippen LogP contribution in [0.5, 0.6) is 0 Å². The van der Waals surface area contributed by atoms with Crippen LogP contribution in [0.4, 0.5) is 5.95 Å². The molecule has 0 unspecified atom stereocenters. The van der Waals surface area contributed by atoms with Crippen molar-refractivity contribution >= 4 is 11.9 Å². The van der Waals surface area contributed by atoms with Crippen molar-refractivity contribution in [3.8, 4) is 34.1 Å². The zero-order chi connectivity index (χ0) is 24.2. The van der Waals surface area contributed by atoms with Crippen LogP contribution >= 0.6 is 0 Å². The molecule has 4 heterocycles. The van der Waals surface area contributed by atoms with E-state index in [0.717, 1.165) is 28.8 Å². The van der Waals surface area contributed by atoms with Crippen molar-refractivity contribution in [2.45, 2.75) is 46.7 Å². The first-order chi connectivity index (χ1) is 16.3. The second-order valence-corrected chi connectivity index (χ2v) is 8.73. The van der Waals surface area contributed by atoms with Crippen LogP contribution in [-0.2, 0) is 17.8 Å². The molecule has 11 heteroatoms. The van der Waals surface area contributed by atoms with Crippen molar-refractivity contribution in [3.05, 3.63) is 42.6 Å². The van der Waals surface area contributed by atoms with Crippen molar-refractivity contribution in [1.82, 2.24) is 40.2 Å². The van der Waals surface area contributed by atoms with Gasteiger partial charge in [0.05, 0.1) is 17.5 Å². The molecule has 0 aliphatic carbocycles. The van der Waals surface area contributed by atoms with Gasteiger partial charge in [-0.25, -0.2) is 9.97 Å². The predicted octanol–water partition coefficient (Wildman–Crippen LogP) is 2.76. The monoisotopic (exact) mass is 461 g/mol. The molecule has 0 atom stereocenters. The summed E-state index contributed by atoms with van der Waals surface area (Å²) in [6.07, 6.45) is 9.13. The van der Waals surface area contributed by atoms with Crippen LogP contribution in [0.2, 0.25) is 0 Å². The molecule has 0 aliphatic rings. The van der Waals surface area contributed by atoms with Gasteiger partial charge in [0.2, 0.25) is 17.7 Å². The van der Waals surface area contributed by atoms with E-state index in [2.05, 4.69) is 49.4 Å². The number of nitrogen functional groups attached to an aromatic ring is 1. The Morgan fingerprint density at radius 3 is 2.56 bits per heavy atom. The van der Waals surface area contributed by atoms with E-state index in [9.17, 15) is 4.79 Å². The summed E-state index contributed by atoms with van der Waals surface area (Å²) in [5.74, 6) is 1.25. The Morgan fingerprint density at radius 2 is 1.85 bits per heavy atom. The lowest BCUT2D eigenvalue weighted by Crippen LogP contribution is -2.33. The highest BCUT2D eigenvalue weighted by molar-refractivity contribution is 5.76. The van der Waals surface area contributed by atoms with Crippen LogP contribution in [0.3, 0.4) is 0 Å². The third kappa shape index (κ3) is 5.42. The molecule has 0 bridgehead atoms. The van der Waals surface area contributed by atoms with Crippen molar-refractivity contribution in [3.63, 3.8) is 0 Å². The molecule has 4 aromatic rings. The van der Waals surface area contributed by atoms with Crippen LogP contribution in [0.15, 0.2) is 41.6 Å². The summed E-state index contributed by atoms with van der Waals surface area (Å²) < 4.78 is 7.03. The van der Waals surface area contributed by atoms with Gasteiger partial charge in [0.1, 0.15) is 6.54 Å². The molecule has 0 aliphatic heterocycles. The molecular weight excluding hydrogens is 434 g/mol. The molecule has 176 valence electrons. The van der Waals surface area contributed by atoms with Gasteiger partial charge in [-0.2, -0.15) is 10.1 Å². The quantitative estimate of drug-likeness (QED) is 0.403. The van der Waals surface area contributed by atoms with Gasteiger partial charge in [0.25, 0.3) is 5.89 Å². The van der Waals surface area contributed by atoms with Gasteiger partial charge in [0, 0.05) is 42.0 Å². The van der Waals surface area contributed by atoms with Gasteiger partial charge >= 0.3 is 0 Å². The van der Waals surface area contributed by atoms with Crippen molar-refractivity contribution in [2.75, 3.05) is 5.73 Å². The Hall–Kier alpha value is -4.15. The van der Waals surface area contributed by atoms with Gasteiger partial charge in [-0.05, 0) is 37.8 Å². The third-order valence-corrected chi connectivity index (χ3v) is 4.89. The van der Waals surface area contributed by atoms with Crippen LogP contribution in [0.25, 0.3) is 34.1 Å². The number of rotatable bonds is 8. The van der Waals surface area contributed by atoms with Crippen molar-refractivity contribution < 1.29 is 9.32 Å². The molecule has 34 heavy (non-hydrogen) atoms. The van der Waals surface area contributed by atoms with Gasteiger partial charge in [-0.3, -0.25) is 14.5 Å². The summed E-state index contributed by atoms with van der Waals surface area (Å²) in [7, 11) is 0. The zero-order valence-corrected chi connectivity index (χ0v) is 19.6. The Kier molecular flexibility index (Phi) is 6.62. The summed E-state index contributed by atoms with van der Waals surface area (Å²) in [6.45, 7) is 8.21. The number of carbonyl (C=O) groups is 1. The standard InChI is InChI=1S/C23H27N9O2/c1-13(2)5-15-6-19(16-7-26-23(24)27-8-16)25-10-18(15)21-30-22(34-31-21)17-9-28-32(11-17)12-20(33)29-14(3)4/h6-11,13-14H,5,12H2,1-4H3,(H,29,33)(H2,24,26,27). The van der Waals surface area contributed by atoms with E-state index in [0.29, 0.717) is 23.2 Å². The Labute approximate surface area is 196 Å². The topological polar surface area (TPSA) is 151 Å². The van der Waals surface area contributed by atoms with Crippen LogP contribution < -0.4 is 11.1 Å². The highest BCUT2D eigenvalue weighted by Gasteiger charge is 2.18. The number of anilines is 1. The Morgan fingerprint density at radius 1 is 1.09 bits per heavy atom. The van der Waals surface area contributed by atoms with Gasteiger partial charge in [-0.15, -0.1) is 0 Å². The number of nitrogens with one attached hydrogen (secondary N) is 1. The number of nitrogens with two attached hydrogens (primary N) is 1. The average Bonchev–Trinajstić information content (AvgIpc) is 3.43. The number of nitrogens with zero attached hydrogens (tertiary/aromatic N) is 7. The lowest BCUT2D eigenvalue weighted by Gasteiger charge is -2.11. The molecule has 0 radical (unpaired) electrons. The molecule has 4 aromatic heterocycles. The minimum absolute atomic E-state index is 0.0635. The largest absolute Gasteiger partial charge is 0.368 e. The van der Waals surface area contributed by atoms with E-state index < -0.39 is 0 Å². The summed E-state index contributed by atoms with van der Waals surface area (Å²) >= 11 is 0. The van der Waals surface area contributed by atoms with E-state index in [1.54, 1.807) is 31.0 Å². The maximum atomic E-state index is 12.0. The zero-order valence-electron chi connectivity index (χ0n) is 19.6. The van der Waals surface area contributed by atoms with E-state index in [-0.39, 0.29) is 24.4 Å². The SMILES string of the molecule is CC(C)Cc1cc(-c2cnc(N)nc2)ncc1-c1noc(-c2cnn(CC(=O)NC(C)C)c2)n1. The van der Waals surface area contributed by atoms with Crippen molar-refractivity contribution in [1.29, 1.82) is 0 Å². The van der Waals surface area contributed by atoms with Gasteiger partial charge < -0.3 is 15.6 Å². The number of carbonyl (C=O) groups excluding carboxylic acids is 1. The first-order valence-electron chi connectivity index (χ1n) is 11.0. The molecule has 0 aromatic carbocycles. The third-order valence-electron chi connectivity index (χ3n) is 4.89. The fourth-order valence-corrected chi connectivity index (χ4v) is 3.46. The fourth-order valence-electron chi connectivity index (χ4n) is 3.46. The summed E-state index contributed by atoms with van der Waals surface area (Å²) in [4.78, 5) is 29.2. The van der Waals surface area contributed by atoms with Crippen LogP contribution in [0, 0.1) is 5.92 Å².